The molecule has 1 aliphatic carbocycles. The largest absolute Gasteiger partial charge is 0.0888 e. The smallest absolute Gasteiger partial charge is 0.0440 e. The van der Waals surface area contributed by atoms with Crippen LogP contribution in [0, 0.1) is 12.8 Å². The molecule has 1 aromatic rings. The van der Waals surface area contributed by atoms with Gasteiger partial charge in [-0.2, -0.15) is 0 Å². The lowest BCUT2D eigenvalue weighted by atomic mass is 9.92. The van der Waals surface area contributed by atoms with Gasteiger partial charge in [0, 0.05) is 9.85 Å². The summed E-state index contributed by atoms with van der Waals surface area (Å²) in [5.74, 6) is 0.748. The minimum Gasteiger partial charge on any atom is -0.0888 e. The Morgan fingerprint density at radius 2 is 2.00 bits per heavy atom. The Morgan fingerprint density at radius 1 is 1.24 bits per heavy atom. The molecule has 2 rings (SSSR count). The highest BCUT2D eigenvalue weighted by Crippen LogP contribution is 2.33. The first-order valence-corrected chi connectivity index (χ1v) is 7.85. The van der Waals surface area contributed by atoms with E-state index in [2.05, 4.69) is 41.1 Å². The second kappa shape index (κ2) is 6.24. The molecular formula is C15H20BrCl. The highest BCUT2D eigenvalue weighted by atomic mass is 79.9. The molecule has 0 nitrogen and oxygen atoms in total. The summed E-state index contributed by atoms with van der Waals surface area (Å²) in [5.41, 5.74) is 2.56. The van der Waals surface area contributed by atoms with Gasteiger partial charge in [0.25, 0.3) is 0 Å². The van der Waals surface area contributed by atoms with Gasteiger partial charge >= 0.3 is 0 Å². The average molecular weight is 316 g/mol. The molecule has 0 heterocycles. The van der Waals surface area contributed by atoms with E-state index in [1.807, 2.05) is 0 Å². The number of hydrogen-bond acceptors (Lipinski definition) is 0. The van der Waals surface area contributed by atoms with E-state index in [4.69, 9.17) is 11.6 Å². The van der Waals surface area contributed by atoms with Crippen LogP contribution in [0.3, 0.4) is 0 Å². The number of aryl methyl sites for hydroxylation is 1. The molecule has 1 fully saturated rings. The van der Waals surface area contributed by atoms with E-state index in [0.29, 0.717) is 4.83 Å². The quantitative estimate of drug-likeness (QED) is 0.497. The van der Waals surface area contributed by atoms with Crippen molar-refractivity contribution in [3.63, 3.8) is 0 Å². The van der Waals surface area contributed by atoms with Crippen molar-refractivity contribution in [1.29, 1.82) is 0 Å². The third-order valence-corrected chi connectivity index (χ3v) is 5.31. The van der Waals surface area contributed by atoms with E-state index < -0.39 is 0 Å². The van der Waals surface area contributed by atoms with Gasteiger partial charge in [-0.05, 0) is 49.3 Å². The SMILES string of the molecule is Cc1ccc(CC2CCCCCC2Br)c(Cl)c1. The van der Waals surface area contributed by atoms with Crippen LogP contribution in [-0.4, -0.2) is 4.83 Å². The van der Waals surface area contributed by atoms with Crippen molar-refractivity contribution >= 4 is 27.5 Å². The third-order valence-electron chi connectivity index (χ3n) is 3.76. The maximum Gasteiger partial charge on any atom is 0.0440 e. The molecule has 2 atom stereocenters. The van der Waals surface area contributed by atoms with Gasteiger partial charge < -0.3 is 0 Å². The average Bonchev–Trinajstić information content (AvgIpc) is 2.48. The molecule has 94 valence electrons. The lowest BCUT2D eigenvalue weighted by Gasteiger charge is -2.20. The van der Waals surface area contributed by atoms with Gasteiger partial charge in [0.15, 0.2) is 0 Å². The fourth-order valence-corrected chi connectivity index (χ4v) is 3.76. The summed E-state index contributed by atoms with van der Waals surface area (Å²) in [4.78, 5) is 0.669. The summed E-state index contributed by atoms with van der Waals surface area (Å²) in [5, 5.41) is 0.939. The third kappa shape index (κ3) is 3.72. The molecule has 0 N–H and O–H groups in total. The first-order valence-electron chi connectivity index (χ1n) is 6.56. The lowest BCUT2D eigenvalue weighted by Crippen LogP contribution is -2.15. The minimum absolute atomic E-state index is 0.669. The summed E-state index contributed by atoms with van der Waals surface area (Å²) in [7, 11) is 0. The first kappa shape index (κ1) is 13.4. The fourth-order valence-electron chi connectivity index (χ4n) is 2.67. The molecule has 0 spiro atoms. The molecule has 1 saturated carbocycles. The maximum absolute atomic E-state index is 6.32. The van der Waals surface area contributed by atoms with E-state index in [1.54, 1.807) is 0 Å². The summed E-state index contributed by atoms with van der Waals surface area (Å²) in [6.45, 7) is 2.09. The first-order chi connectivity index (χ1) is 8.16. The van der Waals surface area contributed by atoms with Crippen LogP contribution in [-0.2, 0) is 6.42 Å². The Balaban J connectivity index is 2.08. The molecule has 0 amide bonds. The molecule has 1 aromatic carbocycles. The predicted octanol–water partition coefficient (Wildman–Crippen LogP) is 5.53. The Labute approximate surface area is 118 Å². The fraction of sp³-hybridized carbons (Fsp3) is 0.600. The molecule has 0 saturated heterocycles. The molecule has 0 aliphatic heterocycles. The molecule has 0 bridgehead atoms. The van der Waals surface area contributed by atoms with E-state index in [-0.39, 0.29) is 0 Å². The van der Waals surface area contributed by atoms with Crippen molar-refractivity contribution in [3.05, 3.63) is 34.3 Å². The molecule has 0 aromatic heterocycles. The Hall–Kier alpha value is -0.0100. The van der Waals surface area contributed by atoms with E-state index in [9.17, 15) is 0 Å². The number of halogens is 2. The van der Waals surface area contributed by atoms with Gasteiger partial charge in [0.05, 0.1) is 0 Å². The second-order valence-corrected chi connectivity index (χ2v) is 6.80. The molecular weight excluding hydrogens is 296 g/mol. The van der Waals surface area contributed by atoms with Crippen LogP contribution >= 0.6 is 27.5 Å². The van der Waals surface area contributed by atoms with Crippen LogP contribution in [0.4, 0.5) is 0 Å². The second-order valence-electron chi connectivity index (χ2n) is 5.21. The zero-order valence-corrected chi connectivity index (χ0v) is 12.7. The van der Waals surface area contributed by atoms with E-state index in [0.717, 1.165) is 17.4 Å². The monoisotopic (exact) mass is 314 g/mol. The number of rotatable bonds is 2. The Kier molecular flexibility index (Phi) is 4.93. The normalized spacial score (nSPS) is 25.6. The standard InChI is InChI=1S/C15H20BrCl/c1-11-7-8-13(15(17)9-11)10-12-5-3-2-4-6-14(12)16/h7-9,12,14H,2-6,10H2,1H3. The van der Waals surface area contributed by atoms with Crippen LogP contribution < -0.4 is 0 Å². The molecule has 0 radical (unpaired) electrons. The van der Waals surface area contributed by atoms with Gasteiger partial charge in [-0.1, -0.05) is 58.9 Å². The maximum atomic E-state index is 6.32. The van der Waals surface area contributed by atoms with Crippen molar-refractivity contribution < 1.29 is 0 Å². The van der Waals surface area contributed by atoms with E-state index in [1.165, 1.54) is 43.2 Å². The van der Waals surface area contributed by atoms with Crippen LogP contribution in [0.2, 0.25) is 5.02 Å². The number of hydrogen-bond donors (Lipinski definition) is 0. The highest BCUT2D eigenvalue weighted by molar-refractivity contribution is 9.09. The summed E-state index contributed by atoms with van der Waals surface area (Å²) in [6, 6.07) is 6.44. The molecule has 17 heavy (non-hydrogen) atoms. The van der Waals surface area contributed by atoms with Crippen LogP contribution in [0.25, 0.3) is 0 Å². The molecule has 2 unspecified atom stereocenters. The van der Waals surface area contributed by atoms with Crippen LogP contribution in [0.15, 0.2) is 18.2 Å². The van der Waals surface area contributed by atoms with Crippen molar-refractivity contribution in [1.82, 2.24) is 0 Å². The van der Waals surface area contributed by atoms with Gasteiger partial charge in [-0.25, -0.2) is 0 Å². The van der Waals surface area contributed by atoms with Crippen molar-refractivity contribution in [2.45, 2.75) is 50.3 Å². The van der Waals surface area contributed by atoms with Crippen molar-refractivity contribution in [2.75, 3.05) is 0 Å². The minimum atomic E-state index is 0.669. The summed E-state index contributed by atoms with van der Waals surface area (Å²) in [6.07, 6.45) is 7.90. The zero-order chi connectivity index (χ0) is 12.3. The number of alkyl halides is 1. The van der Waals surface area contributed by atoms with Gasteiger partial charge in [-0.15, -0.1) is 0 Å². The Morgan fingerprint density at radius 3 is 2.76 bits per heavy atom. The van der Waals surface area contributed by atoms with Gasteiger partial charge in [-0.3, -0.25) is 0 Å². The summed E-state index contributed by atoms with van der Waals surface area (Å²) < 4.78 is 0. The van der Waals surface area contributed by atoms with Gasteiger partial charge in [0.1, 0.15) is 0 Å². The Bertz CT molecular complexity index is 375. The van der Waals surface area contributed by atoms with Crippen molar-refractivity contribution in [2.24, 2.45) is 5.92 Å². The van der Waals surface area contributed by atoms with Crippen LogP contribution in [0.1, 0.15) is 43.2 Å². The zero-order valence-electron chi connectivity index (χ0n) is 10.4. The van der Waals surface area contributed by atoms with Crippen molar-refractivity contribution in [3.8, 4) is 0 Å². The van der Waals surface area contributed by atoms with E-state index >= 15 is 0 Å². The van der Waals surface area contributed by atoms with Gasteiger partial charge in [0.2, 0.25) is 0 Å². The molecule has 2 heteroatoms. The predicted molar refractivity (Wildman–Crippen MR) is 79.2 cm³/mol. The highest BCUT2D eigenvalue weighted by Gasteiger charge is 2.22. The van der Waals surface area contributed by atoms with Crippen LogP contribution in [0.5, 0.6) is 0 Å². The molecule has 1 aliphatic rings. The topological polar surface area (TPSA) is 0 Å². The lowest BCUT2D eigenvalue weighted by molar-refractivity contribution is 0.475. The number of benzene rings is 1. The summed E-state index contributed by atoms with van der Waals surface area (Å²) >= 11 is 10.2.